The van der Waals surface area contributed by atoms with E-state index in [1.54, 1.807) is 0 Å². The zero-order valence-electron chi connectivity index (χ0n) is 12.8. The molecule has 0 spiro atoms. The van der Waals surface area contributed by atoms with Gasteiger partial charge in [-0.1, -0.05) is 18.2 Å². The Labute approximate surface area is 121 Å². The van der Waals surface area contributed by atoms with Crippen molar-refractivity contribution in [2.75, 3.05) is 19.7 Å². The van der Waals surface area contributed by atoms with Crippen LogP contribution in [0.15, 0.2) is 18.2 Å². The fourth-order valence-electron chi connectivity index (χ4n) is 2.81. The van der Waals surface area contributed by atoms with Gasteiger partial charge in [0.25, 0.3) is 0 Å². The molecule has 0 unspecified atom stereocenters. The van der Waals surface area contributed by atoms with Gasteiger partial charge in [-0.2, -0.15) is 0 Å². The van der Waals surface area contributed by atoms with Crippen molar-refractivity contribution in [2.45, 2.75) is 40.2 Å². The summed E-state index contributed by atoms with van der Waals surface area (Å²) in [5.74, 6) is 0.0209. The van der Waals surface area contributed by atoms with Crippen LogP contribution >= 0.6 is 0 Å². The first-order valence-corrected chi connectivity index (χ1v) is 7.55. The molecule has 0 bridgehead atoms. The van der Waals surface area contributed by atoms with Gasteiger partial charge >= 0.3 is 5.97 Å². The van der Waals surface area contributed by atoms with E-state index < -0.39 is 0 Å². The molecule has 0 N–H and O–H groups in total. The molecule has 3 heteroatoms. The molecule has 0 radical (unpaired) electrons. The fraction of sp³-hybridized carbons (Fsp3) is 0.588. The van der Waals surface area contributed by atoms with Gasteiger partial charge in [0.15, 0.2) is 0 Å². The quantitative estimate of drug-likeness (QED) is 0.791. The van der Waals surface area contributed by atoms with Crippen molar-refractivity contribution in [2.24, 2.45) is 5.92 Å². The second kappa shape index (κ2) is 6.89. The van der Waals surface area contributed by atoms with Crippen molar-refractivity contribution in [1.29, 1.82) is 0 Å². The third-order valence-electron chi connectivity index (χ3n) is 4.10. The fourth-order valence-corrected chi connectivity index (χ4v) is 2.81. The first-order chi connectivity index (χ1) is 9.60. The topological polar surface area (TPSA) is 29.5 Å². The van der Waals surface area contributed by atoms with Gasteiger partial charge < -0.3 is 4.74 Å². The molecule has 1 fully saturated rings. The summed E-state index contributed by atoms with van der Waals surface area (Å²) in [6.45, 7) is 9.46. The standard InChI is InChI=1S/C17H25NO2/c1-4-20-17(19)16-6-5-9-18(12-16)11-15-8-7-13(2)14(3)10-15/h7-8,10,16H,4-6,9,11-12H2,1-3H3/t16-/m1/s1. The Balaban J connectivity index is 1.95. The highest BCUT2D eigenvalue weighted by molar-refractivity contribution is 5.72. The Hall–Kier alpha value is -1.35. The zero-order chi connectivity index (χ0) is 14.5. The number of rotatable bonds is 4. The SMILES string of the molecule is CCOC(=O)[C@@H]1CCCN(Cc2ccc(C)c(C)c2)C1. The molecule has 1 saturated heterocycles. The molecule has 2 rings (SSSR count). The number of piperidine rings is 1. The van der Waals surface area contributed by atoms with E-state index in [0.29, 0.717) is 6.61 Å². The normalized spacial score (nSPS) is 19.9. The van der Waals surface area contributed by atoms with E-state index in [1.807, 2.05) is 6.92 Å². The summed E-state index contributed by atoms with van der Waals surface area (Å²) in [6, 6.07) is 6.62. The van der Waals surface area contributed by atoms with Crippen LogP contribution in [-0.4, -0.2) is 30.6 Å². The molecule has 20 heavy (non-hydrogen) atoms. The maximum atomic E-state index is 11.8. The van der Waals surface area contributed by atoms with Gasteiger partial charge in [0.1, 0.15) is 0 Å². The molecule has 1 aromatic rings. The van der Waals surface area contributed by atoms with Gasteiger partial charge in [-0.3, -0.25) is 9.69 Å². The lowest BCUT2D eigenvalue weighted by atomic mass is 9.97. The van der Waals surface area contributed by atoms with Crippen molar-refractivity contribution in [3.63, 3.8) is 0 Å². The lowest BCUT2D eigenvalue weighted by molar-refractivity contribution is -0.150. The number of likely N-dealkylation sites (tertiary alicyclic amines) is 1. The maximum Gasteiger partial charge on any atom is 0.310 e. The molecule has 1 atom stereocenters. The molecule has 1 aliphatic heterocycles. The van der Waals surface area contributed by atoms with E-state index in [9.17, 15) is 4.79 Å². The molecule has 1 aromatic carbocycles. The molecule has 0 saturated carbocycles. The largest absolute Gasteiger partial charge is 0.466 e. The summed E-state index contributed by atoms with van der Waals surface area (Å²) in [7, 11) is 0. The molecule has 1 aliphatic rings. The average Bonchev–Trinajstić information content (AvgIpc) is 2.43. The third-order valence-corrected chi connectivity index (χ3v) is 4.10. The minimum atomic E-state index is -0.0303. The first-order valence-electron chi connectivity index (χ1n) is 7.55. The van der Waals surface area contributed by atoms with E-state index in [4.69, 9.17) is 4.74 Å². The summed E-state index contributed by atoms with van der Waals surface area (Å²) >= 11 is 0. The van der Waals surface area contributed by atoms with Crippen LogP contribution in [0.5, 0.6) is 0 Å². The molecule has 1 heterocycles. The molecule has 3 nitrogen and oxygen atoms in total. The van der Waals surface area contributed by atoms with Crippen molar-refractivity contribution < 1.29 is 9.53 Å². The molecule has 110 valence electrons. The molecular weight excluding hydrogens is 250 g/mol. The van der Waals surface area contributed by atoms with Crippen LogP contribution in [0.1, 0.15) is 36.5 Å². The van der Waals surface area contributed by atoms with Gasteiger partial charge in [-0.15, -0.1) is 0 Å². The van der Waals surface area contributed by atoms with Crippen molar-refractivity contribution in [3.8, 4) is 0 Å². The molecule has 0 aromatic heterocycles. The van der Waals surface area contributed by atoms with Crippen molar-refractivity contribution in [3.05, 3.63) is 34.9 Å². The predicted molar refractivity (Wildman–Crippen MR) is 80.6 cm³/mol. The molecule has 0 aliphatic carbocycles. The first kappa shape index (κ1) is 15.0. The van der Waals surface area contributed by atoms with Gasteiger partial charge in [-0.05, 0) is 56.8 Å². The molecular formula is C17H25NO2. The smallest absolute Gasteiger partial charge is 0.310 e. The Kier molecular flexibility index (Phi) is 5.18. The van der Waals surface area contributed by atoms with Crippen LogP contribution in [0.3, 0.4) is 0 Å². The minimum Gasteiger partial charge on any atom is -0.466 e. The van der Waals surface area contributed by atoms with Gasteiger partial charge in [-0.25, -0.2) is 0 Å². The van der Waals surface area contributed by atoms with Gasteiger partial charge in [0.05, 0.1) is 12.5 Å². The van der Waals surface area contributed by atoms with Crippen LogP contribution in [0.2, 0.25) is 0 Å². The van der Waals surface area contributed by atoms with Crippen LogP contribution in [-0.2, 0) is 16.1 Å². The van der Waals surface area contributed by atoms with E-state index >= 15 is 0 Å². The number of hydrogen-bond acceptors (Lipinski definition) is 3. The highest BCUT2D eigenvalue weighted by Gasteiger charge is 2.26. The molecule has 0 amide bonds. The lowest BCUT2D eigenvalue weighted by Gasteiger charge is -2.31. The number of carbonyl (C=O) groups excluding carboxylic acids is 1. The van der Waals surface area contributed by atoms with Crippen LogP contribution < -0.4 is 0 Å². The summed E-state index contributed by atoms with van der Waals surface area (Å²) < 4.78 is 5.15. The zero-order valence-corrected chi connectivity index (χ0v) is 12.8. The number of esters is 1. The number of aryl methyl sites for hydroxylation is 2. The Morgan fingerprint density at radius 1 is 1.35 bits per heavy atom. The van der Waals surface area contributed by atoms with Crippen LogP contribution in [0, 0.1) is 19.8 Å². The second-order valence-corrected chi connectivity index (χ2v) is 5.74. The van der Waals surface area contributed by atoms with Crippen molar-refractivity contribution >= 4 is 5.97 Å². The van der Waals surface area contributed by atoms with Gasteiger partial charge in [0.2, 0.25) is 0 Å². The highest BCUT2D eigenvalue weighted by Crippen LogP contribution is 2.20. The summed E-state index contributed by atoms with van der Waals surface area (Å²) in [5, 5.41) is 0. The van der Waals surface area contributed by atoms with E-state index in [1.165, 1.54) is 16.7 Å². The third kappa shape index (κ3) is 3.83. The average molecular weight is 275 g/mol. The highest BCUT2D eigenvalue weighted by atomic mass is 16.5. The summed E-state index contributed by atoms with van der Waals surface area (Å²) in [5.41, 5.74) is 4.00. The Morgan fingerprint density at radius 3 is 2.85 bits per heavy atom. The Morgan fingerprint density at radius 2 is 2.15 bits per heavy atom. The van der Waals surface area contributed by atoms with Crippen LogP contribution in [0.4, 0.5) is 0 Å². The number of ether oxygens (including phenoxy) is 1. The second-order valence-electron chi connectivity index (χ2n) is 5.74. The Bertz CT molecular complexity index is 470. The van der Waals surface area contributed by atoms with Gasteiger partial charge in [0, 0.05) is 13.1 Å². The van der Waals surface area contributed by atoms with E-state index in [2.05, 4.69) is 36.9 Å². The number of hydrogen-bond donors (Lipinski definition) is 0. The predicted octanol–water partition coefficient (Wildman–Crippen LogP) is 3.08. The van der Waals surface area contributed by atoms with Crippen LogP contribution in [0.25, 0.3) is 0 Å². The monoisotopic (exact) mass is 275 g/mol. The van der Waals surface area contributed by atoms with E-state index in [0.717, 1.165) is 32.5 Å². The number of carbonyl (C=O) groups is 1. The minimum absolute atomic E-state index is 0.0303. The van der Waals surface area contributed by atoms with E-state index in [-0.39, 0.29) is 11.9 Å². The summed E-state index contributed by atoms with van der Waals surface area (Å²) in [4.78, 5) is 14.2. The lowest BCUT2D eigenvalue weighted by Crippen LogP contribution is -2.38. The maximum absolute atomic E-state index is 11.8. The summed E-state index contributed by atoms with van der Waals surface area (Å²) in [6.07, 6.45) is 2.04. The van der Waals surface area contributed by atoms with Crippen molar-refractivity contribution in [1.82, 2.24) is 4.90 Å². The number of benzene rings is 1. The number of nitrogens with zero attached hydrogens (tertiary/aromatic N) is 1.